The Kier molecular flexibility index (Phi) is 3.79. The van der Waals surface area contributed by atoms with E-state index in [2.05, 4.69) is 25.3 Å². The van der Waals surface area contributed by atoms with Crippen molar-refractivity contribution in [2.75, 3.05) is 7.11 Å². The Bertz CT molecular complexity index is 1240. The molecule has 0 saturated heterocycles. The molecule has 0 aliphatic rings. The first kappa shape index (κ1) is 15.9. The van der Waals surface area contributed by atoms with Gasteiger partial charge >= 0.3 is 0 Å². The van der Waals surface area contributed by atoms with Gasteiger partial charge in [-0.2, -0.15) is 4.98 Å². The van der Waals surface area contributed by atoms with Crippen LogP contribution in [0.2, 0.25) is 0 Å². The third kappa shape index (κ3) is 2.72. The zero-order valence-corrected chi connectivity index (χ0v) is 15.1. The number of aromatic amines is 1. The molecule has 0 fully saturated rings. The van der Waals surface area contributed by atoms with Crippen molar-refractivity contribution in [1.82, 2.24) is 29.7 Å². The van der Waals surface area contributed by atoms with Crippen LogP contribution >= 0.6 is 11.8 Å². The molecule has 9 heteroatoms. The number of aromatic nitrogens is 6. The van der Waals surface area contributed by atoms with Gasteiger partial charge in [-0.3, -0.25) is 4.40 Å². The molecule has 0 spiro atoms. The van der Waals surface area contributed by atoms with Crippen LogP contribution in [0.15, 0.2) is 58.2 Å². The van der Waals surface area contributed by atoms with Crippen molar-refractivity contribution >= 4 is 28.6 Å². The Balaban J connectivity index is 1.41. The first-order valence-electron chi connectivity index (χ1n) is 8.24. The zero-order valence-electron chi connectivity index (χ0n) is 14.3. The highest BCUT2D eigenvalue weighted by Gasteiger charge is 2.16. The van der Waals surface area contributed by atoms with Gasteiger partial charge < -0.3 is 9.26 Å². The first-order valence-corrected chi connectivity index (χ1v) is 9.22. The zero-order chi connectivity index (χ0) is 18.2. The second-order valence-corrected chi connectivity index (χ2v) is 6.71. The molecule has 0 atom stereocenters. The van der Waals surface area contributed by atoms with E-state index in [-0.39, 0.29) is 0 Å². The van der Waals surface area contributed by atoms with E-state index in [1.807, 2.05) is 52.9 Å². The number of thioether (sulfide) groups is 1. The van der Waals surface area contributed by atoms with Crippen molar-refractivity contribution < 1.29 is 9.26 Å². The molecule has 0 aliphatic carbocycles. The van der Waals surface area contributed by atoms with Crippen LogP contribution in [0.3, 0.4) is 0 Å². The minimum atomic E-state index is 0.495. The summed E-state index contributed by atoms with van der Waals surface area (Å²) >= 11 is 1.50. The van der Waals surface area contributed by atoms with Crippen molar-refractivity contribution in [3.8, 4) is 17.1 Å². The smallest absolute Gasteiger partial charge is 0.237 e. The van der Waals surface area contributed by atoms with Gasteiger partial charge in [0.1, 0.15) is 5.75 Å². The summed E-state index contributed by atoms with van der Waals surface area (Å²) in [6.45, 7) is 0. The van der Waals surface area contributed by atoms with Gasteiger partial charge in [0, 0.05) is 0 Å². The lowest BCUT2D eigenvalue weighted by Gasteiger charge is -2.02. The van der Waals surface area contributed by atoms with Crippen LogP contribution in [-0.2, 0) is 5.75 Å². The minimum absolute atomic E-state index is 0.495. The highest BCUT2D eigenvalue weighted by molar-refractivity contribution is 7.98. The molecule has 5 aromatic rings. The summed E-state index contributed by atoms with van der Waals surface area (Å²) in [5.74, 6) is 2.93. The van der Waals surface area contributed by atoms with Gasteiger partial charge in [-0.15, -0.1) is 5.10 Å². The molecule has 27 heavy (non-hydrogen) atoms. The van der Waals surface area contributed by atoms with Crippen LogP contribution < -0.4 is 4.74 Å². The van der Waals surface area contributed by atoms with Gasteiger partial charge in [0.15, 0.2) is 5.16 Å². The summed E-state index contributed by atoms with van der Waals surface area (Å²) in [5, 5.41) is 12.2. The van der Waals surface area contributed by atoms with Gasteiger partial charge in [0.2, 0.25) is 17.5 Å². The van der Waals surface area contributed by atoms with Crippen LogP contribution in [0.4, 0.5) is 0 Å². The Morgan fingerprint density at radius 2 is 1.96 bits per heavy atom. The molecule has 0 aliphatic heterocycles. The van der Waals surface area contributed by atoms with Crippen LogP contribution in [0.25, 0.3) is 28.2 Å². The number of nitrogens with one attached hydrogen (secondary N) is 1. The molecular weight excluding hydrogens is 364 g/mol. The standard InChI is InChI=1S/C18H14N6O2S/c1-25-14-9-5-2-6-11(14)16-20-15(26-23-16)10-27-18-22-21-17-19-12-7-3-4-8-13(12)24(17)18/h2-9H,10H2,1H3,(H,19,21). The fraction of sp³-hybridized carbons (Fsp3) is 0.111. The number of H-pyrrole nitrogens is 1. The largest absolute Gasteiger partial charge is 0.496 e. The fourth-order valence-corrected chi connectivity index (χ4v) is 3.71. The average molecular weight is 378 g/mol. The monoisotopic (exact) mass is 378 g/mol. The molecule has 1 N–H and O–H groups in total. The van der Waals surface area contributed by atoms with Gasteiger partial charge in [0.05, 0.1) is 29.5 Å². The molecule has 3 aromatic heterocycles. The number of hydrogen-bond acceptors (Lipinski definition) is 7. The second kappa shape index (κ2) is 6.44. The number of nitrogens with zero attached hydrogens (tertiary/aromatic N) is 5. The van der Waals surface area contributed by atoms with Crippen LogP contribution in [0, 0.1) is 0 Å². The number of hydrogen-bond donors (Lipinski definition) is 1. The van der Waals surface area contributed by atoms with E-state index < -0.39 is 0 Å². The summed E-state index contributed by atoms with van der Waals surface area (Å²) in [6, 6.07) is 15.5. The van der Waals surface area contributed by atoms with E-state index in [0.29, 0.717) is 29.0 Å². The number of imidazole rings is 1. The van der Waals surface area contributed by atoms with Crippen LogP contribution in [0.1, 0.15) is 5.89 Å². The molecule has 0 bridgehead atoms. The van der Waals surface area contributed by atoms with Gasteiger partial charge in [0.25, 0.3) is 0 Å². The average Bonchev–Trinajstić information content (AvgIpc) is 3.41. The number of fused-ring (bicyclic) bond motifs is 3. The second-order valence-electron chi connectivity index (χ2n) is 5.77. The van der Waals surface area contributed by atoms with E-state index in [4.69, 9.17) is 9.26 Å². The normalized spacial score (nSPS) is 11.4. The Hall–Kier alpha value is -3.33. The first-order chi connectivity index (χ1) is 13.3. The summed E-state index contributed by atoms with van der Waals surface area (Å²) in [7, 11) is 1.62. The molecule has 5 rings (SSSR count). The maximum absolute atomic E-state index is 5.40. The minimum Gasteiger partial charge on any atom is -0.496 e. The fourth-order valence-electron chi connectivity index (χ4n) is 2.92. The Labute approximate surface area is 157 Å². The number of para-hydroxylation sites is 3. The lowest BCUT2D eigenvalue weighted by Crippen LogP contribution is -1.89. The van der Waals surface area contributed by atoms with E-state index in [9.17, 15) is 0 Å². The molecule has 0 unspecified atom stereocenters. The van der Waals surface area contributed by atoms with Crippen molar-refractivity contribution in [3.05, 3.63) is 54.4 Å². The van der Waals surface area contributed by atoms with Crippen LogP contribution in [0.5, 0.6) is 5.75 Å². The van der Waals surface area contributed by atoms with Crippen molar-refractivity contribution in [1.29, 1.82) is 0 Å². The molecule has 3 heterocycles. The predicted molar refractivity (Wildman–Crippen MR) is 101 cm³/mol. The van der Waals surface area contributed by atoms with Crippen LogP contribution in [-0.4, -0.2) is 36.8 Å². The van der Waals surface area contributed by atoms with Gasteiger partial charge in [-0.05, 0) is 24.3 Å². The molecular formula is C18H14N6O2S. The number of benzene rings is 2. The maximum atomic E-state index is 5.40. The number of ether oxygens (including phenoxy) is 1. The third-order valence-electron chi connectivity index (χ3n) is 4.14. The third-order valence-corrected chi connectivity index (χ3v) is 5.07. The topological polar surface area (TPSA) is 94.1 Å². The maximum Gasteiger partial charge on any atom is 0.237 e. The predicted octanol–water partition coefficient (Wildman–Crippen LogP) is 3.56. The molecule has 0 radical (unpaired) electrons. The highest BCUT2D eigenvalue weighted by Crippen LogP contribution is 2.29. The molecule has 0 amide bonds. The Morgan fingerprint density at radius 3 is 2.89 bits per heavy atom. The number of rotatable bonds is 5. The lowest BCUT2D eigenvalue weighted by atomic mass is 10.2. The van der Waals surface area contributed by atoms with Gasteiger partial charge in [-0.1, -0.05) is 41.2 Å². The van der Waals surface area contributed by atoms with E-state index >= 15 is 0 Å². The summed E-state index contributed by atoms with van der Waals surface area (Å²) < 4.78 is 12.7. The molecule has 8 nitrogen and oxygen atoms in total. The van der Waals surface area contributed by atoms with Crippen molar-refractivity contribution in [3.63, 3.8) is 0 Å². The summed E-state index contributed by atoms with van der Waals surface area (Å²) in [5.41, 5.74) is 2.72. The molecule has 2 aromatic carbocycles. The Morgan fingerprint density at radius 1 is 1.11 bits per heavy atom. The SMILES string of the molecule is COc1ccccc1-c1noc(CSc2n[nH]c3nc4ccccc4n23)n1. The molecule has 134 valence electrons. The van der Waals surface area contributed by atoms with Crippen molar-refractivity contribution in [2.45, 2.75) is 10.9 Å². The summed E-state index contributed by atoms with van der Waals surface area (Å²) in [6.07, 6.45) is 0. The lowest BCUT2D eigenvalue weighted by molar-refractivity contribution is 0.390. The summed E-state index contributed by atoms with van der Waals surface area (Å²) in [4.78, 5) is 9.00. The van der Waals surface area contributed by atoms with Crippen molar-refractivity contribution in [2.24, 2.45) is 0 Å². The van der Waals surface area contributed by atoms with E-state index in [1.54, 1.807) is 7.11 Å². The highest BCUT2D eigenvalue weighted by atomic mass is 32.2. The number of methoxy groups -OCH3 is 1. The quantitative estimate of drug-likeness (QED) is 0.467. The van der Waals surface area contributed by atoms with E-state index in [1.165, 1.54) is 11.8 Å². The molecule has 0 saturated carbocycles. The van der Waals surface area contributed by atoms with Gasteiger partial charge in [-0.25, -0.2) is 10.1 Å². The van der Waals surface area contributed by atoms with E-state index in [0.717, 1.165) is 21.8 Å².